The number of aromatic nitrogens is 1. The molecule has 2 unspecified atom stereocenters. The average molecular weight is 913 g/mol. The van der Waals surface area contributed by atoms with E-state index in [0.29, 0.717) is 5.56 Å². The number of aliphatic hydroxyl groups excluding tert-OH is 1. The summed E-state index contributed by atoms with van der Waals surface area (Å²) in [4.78, 5) is 104. The molecule has 7 rings (SSSR count). The number of esters is 4. The number of hydrogen-bond donors (Lipinski definition) is 3. The van der Waals surface area contributed by atoms with E-state index in [0.717, 1.165) is 6.92 Å². The van der Waals surface area contributed by atoms with Gasteiger partial charge in [0.05, 0.1) is 35.2 Å². The summed E-state index contributed by atoms with van der Waals surface area (Å²) in [5.74, 6) is -10.2. The fourth-order valence-corrected chi connectivity index (χ4v) is 10.6. The molecule has 3 N–H and O–H groups in total. The maximum Gasteiger partial charge on any atom is 0.408 e. The van der Waals surface area contributed by atoms with Crippen molar-refractivity contribution in [2.75, 3.05) is 6.61 Å². The number of benzene rings is 2. The van der Waals surface area contributed by atoms with Gasteiger partial charge in [-0.05, 0) is 57.5 Å². The van der Waals surface area contributed by atoms with Crippen LogP contribution in [0.25, 0.3) is 0 Å². The molecule has 4 aliphatic rings. The number of ether oxygens (including phenoxy) is 6. The Balaban J connectivity index is 1.37. The third-order valence-electron chi connectivity index (χ3n) is 14.0. The van der Waals surface area contributed by atoms with Gasteiger partial charge in [0.15, 0.2) is 5.60 Å². The van der Waals surface area contributed by atoms with Crippen LogP contribution in [0.5, 0.6) is 0 Å². The molecule has 0 radical (unpaired) electrons. The molecule has 17 heteroatoms. The van der Waals surface area contributed by atoms with E-state index in [1.165, 1.54) is 57.4 Å². The second-order valence-electron chi connectivity index (χ2n) is 19.5. The number of pyridine rings is 1. The van der Waals surface area contributed by atoms with Crippen molar-refractivity contribution in [1.82, 2.24) is 10.3 Å². The van der Waals surface area contributed by atoms with Crippen LogP contribution in [-0.4, -0.2) is 111 Å². The second kappa shape index (κ2) is 17.6. The summed E-state index contributed by atoms with van der Waals surface area (Å²) in [6, 6.07) is 17.3. The summed E-state index contributed by atoms with van der Waals surface area (Å²) < 4.78 is 36.0. The summed E-state index contributed by atoms with van der Waals surface area (Å²) in [7, 11) is 0. The van der Waals surface area contributed by atoms with Gasteiger partial charge in [0.1, 0.15) is 35.6 Å². The standard InChI is InChI=1S/C49H56N2O15/c1-26-31(62-43(58)37(63-42(57)30-20-15-21-50-24-30)35(28-16-11-9-12-17-28)51-44(59)66-45(3,4)5)23-49(60)40(64-41(56)29-18-13-10-14-19-29)38-47(8,39(55)36(54)34(26)46(49,6)7)32(53)22-33-48(38,25-61-33)65-27(2)52/h9-21,24,26,31-35,37-38,40,53,60H,22-23,25H2,1-8H3,(H,51,59)/t26?,31-,32-,33+,34?,35-,37+,38-,40-,47+,48-,49+/m0/s1. The minimum atomic E-state index is -2.43. The van der Waals surface area contributed by atoms with Gasteiger partial charge in [-0.2, -0.15) is 0 Å². The van der Waals surface area contributed by atoms with E-state index in [2.05, 4.69) is 10.3 Å². The van der Waals surface area contributed by atoms with E-state index in [4.69, 9.17) is 28.4 Å². The van der Waals surface area contributed by atoms with Gasteiger partial charge in [0, 0.05) is 49.4 Å². The van der Waals surface area contributed by atoms with Crippen molar-refractivity contribution in [3.63, 3.8) is 0 Å². The zero-order valence-corrected chi connectivity index (χ0v) is 38.0. The summed E-state index contributed by atoms with van der Waals surface area (Å²) in [6.07, 6.45) is -7.10. The number of nitrogens with one attached hydrogen (secondary N) is 1. The van der Waals surface area contributed by atoms with Crippen LogP contribution in [0.3, 0.4) is 0 Å². The molecule has 1 aliphatic heterocycles. The summed E-state index contributed by atoms with van der Waals surface area (Å²) in [5, 5.41) is 28.3. The number of Topliss-reactive ketones (excluding diaryl/α,β-unsaturated/α-hetero) is 2. The smallest absolute Gasteiger partial charge is 0.408 e. The van der Waals surface area contributed by atoms with Crippen molar-refractivity contribution in [1.29, 1.82) is 0 Å². The number of alkyl carbamates (subject to hydrolysis) is 1. The number of hydrogen-bond acceptors (Lipinski definition) is 16. The number of nitrogens with zero attached hydrogens (tertiary/aromatic N) is 1. The van der Waals surface area contributed by atoms with Gasteiger partial charge in [-0.1, -0.05) is 69.3 Å². The lowest BCUT2D eigenvalue weighted by molar-refractivity contribution is -0.350. The first kappa shape index (κ1) is 47.9. The number of ketones is 2. The Labute approximate surface area is 381 Å². The zero-order valence-electron chi connectivity index (χ0n) is 38.0. The maximum absolute atomic E-state index is 15.1. The predicted molar refractivity (Wildman–Crippen MR) is 230 cm³/mol. The van der Waals surface area contributed by atoms with Gasteiger partial charge in [0.2, 0.25) is 17.7 Å². The van der Waals surface area contributed by atoms with E-state index in [1.807, 2.05) is 0 Å². The molecule has 1 saturated heterocycles. The first-order valence-electron chi connectivity index (χ1n) is 21.9. The molecule has 2 bridgehead atoms. The molecule has 12 atom stereocenters. The van der Waals surface area contributed by atoms with Crippen molar-refractivity contribution in [3.05, 3.63) is 102 Å². The number of fused-ring (bicyclic) bond motifs is 5. The van der Waals surface area contributed by atoms with Crippen LogP contribution in [0.1, 0.15) is 101 Å². The molecular formula is C49H56N2O15. The van der Waals surface area contributed by atoms with Crippen LogP contribution in [0.4, 0.5) is 4.79 Å². The lowest BCUT2D eigenvalue weighted by Gasteiger charge is -2.67. The van der Waals surface area contributed by atoms with Crippen LogP contribution >= 0.6 is 0 Å². The fraction of sp³-hybridized carbons (Fsp3) is 0.510. The van der Waals surface area contributed by atoms with Crippen LogP contribution in [-0.2, 0) is 47.6 Å². The average Bonchev–Trinajstić information content (AvgIpc) is 3.26. The highest BCUT2D eigenvalue weighted by molar-refractivity contribution is 6.40. The Kier molecular flexibility index (Phi) is 12.8. The van der Waals surface area contributed by atoms with Gasteiger partial charge in [-0.3, -0.25) is 19.4 Å². The van der Waals surface area contributed by atoms with E-state index >= 15 is 14.4 Å². The Morgan fingerprint density at radius 3 is 2.11 bits per heavy atom. The highest BCUT2D eigenvalue weighted by Gasteiger charge is 2.79. The molecule has 1 aromatic heterocycles. The van der Waals surface area contributed by atoms with E-state index in [-0.39, 0.29) is 24.2 Å². The lowest BCUT2D eigenvalue weighted by Crippen LogP contribution is -2.82. The molecule has 3 aromatic rings. The van der Waals surface area contributed by atoms with Crippen molar-refractivity contribution in [2.24, 2.45) is 28.6 Å². The van der Waals surface area contributed by atoms with Crippen LogP contribution in [0.2, 0.25) is 0 Å². The molecule has 66 heavy (non-hydrogen) atoms. The van der Waals surface area contributed by atoms with Crippen molar-refractivity contribution < 1.29 is 72.2 Å². The van der Waals surface area contributed by atoms with E-state index < -0.39 is 130 Å². The number of aliphatic hydroxyl groups is 2. The lowest BCUT2D eigenvalue weighted by atomic mass is 9.42. The van der Waals surface area contributed by atoms with Gasteiger partial charge < -0.3 is 44.0 Å². The van der Waals surface area contributed by atoms with Gasteiger partial charge in [-0.25, -0.2) is 19.2 Å². The van der Waals surface area contributed by atoms with Crippen LogP contribution in [0, 0.1) is 28.6 Å². The third-order valence-corrected chi connectivity index (χ3v) is 14.0. The van der Waals surface area contributed by atoms with Gasteiger partial charge in [0.25, 0.3) is 0 Å². The van der Waals surface area contributed by atoms with Gasteiger partial charge >= 0.3 is 30.0 Å². The zero-order chi connectivity index (χ0) is 48.1. The first-order chi connectivity index (χ1) is 31.0. The van der Waals surface area contributed by atoms with E-state index in [1.54, 1.807) is 76.2 Å². The maximum atomic E-state index is 15.1. The third kappa shape index (κ3) is 8.36. The summed E-state index contributed by atoms with van der Waals surface area (Å²) in [6.45, 7) is 11.7. The van der Waals surface area contributed by atoms with Crippen LogP contribution < -0.4 is 5.32 Å². The second-order valence-corrected chi connectivity index (χ2v) is 19.5. The molecule has 0 spiro atoms. The molecule has 4 fully saturated rings. The molecule has 17 nitrogen and oxygen atoms in total. The fourth-order valence-electron chi connectivity index (χ4n) is 10.6. The van der Waals surface area contributed by atoms with Gasteiger partial charge in [-0.15, -0.1) is 0 Å². The Hall–Kier alpha value is -6.04. The molecule has 2 heterocycles. The Morgan fingerprint density at radius 1 is 0.894 bits per heavy atom. The quantitative estimate of drug-likeness (QED) is 0.142. The molecule has 3 saturated carbocycles. The summed E-state index contributed by atoms with van der Waals surface area (Å²) in [5.41, 5.74) is -8.72. The molecule has 3 aliphatic carbocycles. The highest BCUT2D eigenvalue weighted by atomic mass is 16.6. The number of amides is 1. The van der Waals surface area contributed by atoms with Crippen molar-refractivity contribution in [2.45, 2.75) is 122 Å². The monoisotopic (exact) mass is 912 g/mol. The first-order valence-corrected chi connectivity index (χ1v) is 21.9. The Bertz CT molecular complexity index is 2370. The van der Waals surface area contributed by atoms with Crippen molar-refractivity contribution >= 4 is 41.5 Å². The topological polar surface area (TPSA) is 240 Å². The van der Waals surface area contributed by atoms with E-state index in [9.17, 15) is 29.4 Å². The number of carbonyl (C=O) groups is 7. The molecule has 2 aromatic carbocycles. The predicted octanol–water partition coefficient (Wildman–Crippen LogP) is 4.66. The normalized spacial score (nSPS) is 31.9. The minimum Gasteiger partial charge on any atom is -0.459 e. The highest BCUT2D eigenvalue weighted by Crippen LogP contribution is 2.64. The van der Waals surface area contributed by atoms with Crippen molar-refractivity contribution in [3.8, 4) is 0 Å². The number of rotatable bonds is 10. The summed E-state index contributed by atoms with van der Waals surface area (Å²) >= 11 is 0. The molecular weight excluding hydrogens is 857 g/mol. The minimum absolute atomic E-state index is 0.0476. The SMILES string of the molecule is CC(=O)O[C@@]12CO[C@@H]1C[C@H](O)[C@@]1(C)C(=O)C(=O)C3C(C)[C@@H](OC(=O)[C@H](OC(=O)c4cccnc4)[C@@H](NC(=O)OC(C)(C)C)c4ccccc4)C[C@@](O)([C@@H](OC(=O)c4ccccc4)[C@H]21)C3(C)C. The Morgan fingerprint density at radius 2 is 1.53 bits per heavy atom. The number of carbonyl (C=O) groups excluding carboxylic acids is 7. The molecule has 352 valence electrons. The molecule has 1 amide bonds. The van der Waals surface area contributed by atoms with Crippen LogP contribution in [0.15, 0.2) is 85.2 Å². The largest absolute Gasteiger partial charge is 0.459 e.